The maximum atomic E-state index is 13.8. The molecule has 0 amide bonds. The van der Waals surface area contributed by atoms with Crippen LogP contribution in [0.1, 0.15) is 5.56 Å². The van der Waals surface area contributed by atoms with Crippen LogP contribution in [0.4, 0.5) is 4.39 Å². The lowest BCUT2D eigenvalue weighted by molar-refractivity contribution is 0.339. The van der Waals surface area contributed by atoms with Gasteiger partial charge in [-0.2, -0.15) is 0 Å². The third-order valence-corrected chi connectivity index (χ3v) is 5.54. The number of rotatable bonds is 2. The predicted octanol–water partition coefficient (Wildman–Crippen LogP) is 3.12. The van der Waals surface area contributed by atoms with Crippen molar-refractivity contribution >= 4 is 44.0 Å². The molecule has 6 heteroatoms. The maximum Gasteiger partial charge on any atom is 0.168 e. The minimum absolute atomic E-state index is 0.0154. The second kappa shape index (κ2) is 4.58. The van der Waals surface area contributed by atoms with Crippen LogP contribution in [0.15, 0.2) is 33.5 Å². The number of nitrogens with zero attached hydrogens (tertiary/aromatic N) is 2. The Morgan fingerprint density at radius 2 is 2.25 bits per heavy atom. The molecule has 0 radical (unpaired) electrons. The van der Waals surface area contributed by atoms with Crippen molar-refractivity contribution in [2.24, 2.45) is 4.99 Å². The number of hydrogen-bond acceptors (Lipinski definition) is 5. The van der Waals surface area contributed by atoms with Crippen molar-refractivity contribution in [2.45, 2.75) is 0 Å². The summed E-state index contributed by atoms with van der Waals surface area (Å²) in [5.41, 5.74) is 1.96. The molecule has 0 aliphatic carbocycles. The van der Waals surface area contributed by atoms with E-state index in [9.17, 15) is 9.50 Å². The highest BCUT2D eigenvalue weighted by atomic mass is 32.2. The van der Waals surface area contributed by atoms with Gasteiger partial charge in [-0.05, 0) is 23.6 Å². The Labute approximate surface area is 123 Å². The lowest BCUT2D eigenvalue weighted by atomic mass is 10.1. The van der Waals surface area contributed by atoms with Gasteiger partial charge in [-0.1, -0.05) is 11.8 Å². The average Bonchev–Trinajstić information content (AvgIpc) is 3.14. The van der Waals surface area contributed by atoms with E-state index in [2.05, 4.69) is 9.89 Å². The second-order valence-electron chi connectivity index (χ2n) is 4.61. The zero-order valence-electron chi connectivity index (χ0n) is 10.5. The minimum Gasteiger partial charge on any atom is -0.391 e. The first kappa shape index (κ1) is 12.4. The number of hydrogen-bond donors (Lipinski definition) is 1. The minimum atomic E-state index is -0.189. The van der Waals surface area contributed by atoms with E-state index in [0.29, 0.717) is 4.70 Å². The number of thiophene rings is 1. The van der Waals surface area contributed by atoms with E-state index in [-0.39, 0.29) is 12.4 Å². The molecule has 0 unspecified atom stereocenters. The first-order chi connectivity index (χ1) is 9.79. The van der Waals surface area contributed by atoms with E-state index in [1.807, 2.05) is 11.4 Å². The lowest BCUT2D eigenvalue weighted by Gasteiger charge is -2.18. The molecule has 0 atom stereocenters. The maximum absolute atomic E-state index is 13.8. The van der Waals surface area contributed by atoms with Crippen LogP contribution < -0.4 is 0 Å². The van der Waals surface area contributed by atoms with Gasteiger partial charge in [-0.15, -0.1) is 11.3 Å². The topological polar surface area (TPSA) is 35.8 Å². The summed E-state index contributed by atoms with van der Waals surface area (Å²) in [5.74, 6) is -0.189. The van der Waals surface area contributed by atoms with Crippen molar-refractivity contribution in [3.8, 4) is 0 Å². The number of halogens is 1. The number of aliphatic imine (C=N–C) groups is 1. The number of benzene rings is 1. The summed E-state index contributed by atoms with van der Waals surface area (Å²) >= 11 is 2.92. The molecule has 0 fully saturated rings. The third kappa shape index (κ3) is 1.65. The molecule has 1 N–H and O–H groups in total. The van der Waals surface area contributed by atoms with Crippen LogP contribution in [0.25, 0.3) is 15.8 Å². The fourth-order valence-electron chi connectivity index (χ4n) is 2.67. The Hall–Kier alpha value is -1.37. The standard InChI is InChI=1S/C14H11FN2OS2/c15-10-2-1-8(9-3-6-19-13(9)10)12-11(7-18)20-14-16-4-5-17(12)14/h1-3,6,18H,4-5,7H2. The molecular weight excluding hydrogens is 295 g/mol. The molecule has 4 rings (SSSR count). The number of aliphatic hydroxyl groups excluding tert-OH is 1. The van der Waals surface area contributed by atoms with Crippen LogP contribution in [0, 0.1) is 5.82 Å². The van der Waals surface area contributed by atoms with Crippen molar-refractivity contribution in [3.05, 3.63) is 39.9 Å². The van der Waals surface area contributed by atoms with Gasteiger partial charge in [-0.3, -0.25) is 4.99 Å². The van der Waals surface area contributed by atoms with Crippen molar-refractivity contribution in [1.29, 1.82) is 0 Å². The van der Waals surface area contributed by atoms with Crippen molar-refractivity contribution in [1.82, 2.24) is 4.90 Å². The molecule has 1 aromatic carbocycles. The molecule has 0 bridgehead atoms. The predicted molar refractivity (Wildman–Crippen MR) is 82.4 cm³/mol. The Morgan fingerprint density at radius 1 is 1.35 bits per heavy atom. The smallest absolute Gasteiger partial charge is 0.168 e. The highest BCUT2D eigenvalue weighted by Gasteiger charge is 2.33. The zero-order chi connectivity index (χ0) is 13.7. The van der Waals surface area contributed by atoms with Crippen LogP contribution >= 0.6 is 23.1 Å². The fourth-order valence-corrected chi connectivity index (χ4v) is 4.54. The number of amidine groups is 1. The van der Waals surface area contributed by atoms with Gasteiger partial charge in [0.1, 0.15) is 5.82 Å². The molecule has 2 aliphatic rings. The molecule has 2 aromatic rings. The monoisotopic (exact) mass is 306 g/mol. The van der Waals surface area contributed by atoms with Gasteiger partial charge in [0.05, 0.1) is 23.5 Å². The molecule has 20 heavy (non-hydrogen) atoms. The van der Waals surface area contributed by atoms with Gasteiger partial charge in [0.25, 0.3) is 0 Å². The van der Waals surface area contributed by atoms with Crippen LogP contribution in [0.3, 0.4) is 0 Å². The summed E-state index contributed by atoms with van der Waals surface area (Å²) in [6, 6.07) is 5.25. The number of thioether (sulfide) groups is 1. The molecule has 102 valence electrons. The first-order valence-electron chi connectivity index (χ1n) is 6.29. The molecule has 3 nitrogen and oxygen atoms in total. The molecule has 0 spiro atoms. The van der Waals surface area contributed by atoms with E-state index in [1.54, 1.807) is 6.07 Å². The molecule has 3 heterocycles. The van der Waals surface area contributed by atoms with Crippen molar-refractivity contribution in [2.75, 3.05) is 19.7 Å². The second-order valence-corrected chi connectivity index (χ2v) is 6.58. The van der Waals surface area contributed by atoms with Gasteiger partial charge >= 0.3 is 0 Å². The third-order valence-electron chi connectivity index (χ3n) is 3.52. The van der Waals surface area contributed by atoms with Crippen LogP contribution in [0.5, 0.6) is 0 Å². The van der Waals surface area contributed by atoms with Gasteiger partial charge in [0.2, 0.25) is 0 Å². The summed E-state index contributed by atoms with van der Waals surface area (Å²) in [5, 5.41) is 13.3. The summed E-state index contributed by atoms with van der Waals surface area (Å²) in [6.07, 6.45) is 0. The van der Waals surface area contributed by atoms with Crippen LogP contribution in [-0.2, 0) is 0 Å². The Morgan fingerprint density at radius 3 is 3.10 bits per heavy atom. The van der Waals surface area contributed by atoms with Crippen LogP contribution in [0.2, 0.25) is 0 Å². The number of aliphatic hydroxyl groups is 1. The zero-order valence-corrected chi connectivity index (χ0v) is 12.1. The summed E-state index contributed by atoms with van der Waals surface area (Å²) in [6.45, 7) is 1.58. The van der Waals surface area contributed by atoms with E-state index < -0.39 is 0 Å². The molecule has 1 aromatic heterocycles. The largest absolute Gasteiger partial charge is 0.391 e. The quantitative estimate of drug-likeness (QED) is 0.926. The molecule has 0 saturated heterocycles. The Bertz CT molecular complexity index is 766. The molecule has 2 aliphatic heterocycles. The van der Waals surface area contributed by atoms with Gasteiger partial charge < -0.3 is 10.0 Å². The average molecular weight is 306 g/mol. The van der Waals surface area contributed by atoms with E-state index in [4.69, 9.17) is 0 Å². The first-order valence-corrected chi connectivity index (χ1v) is 7.99. The number of fused-ring (bicyclic) bond motifs is 2. The van der Waals surface area contributed by atoms with E-state index in [0.717, 1.165) is 39.8 Å². The molecule has 0 saturated carbocycles. The van der Waals surface area contributed by atoms with Crippen molar-refractivity contribution < 1.29 is 9.50 Å². The summed E-state index contributed by atoms with van der Waals surface area (Å²) in [4.78, 5) is 7.46. The summed E-state index contributed by atoms with van der Waals surface area (Å²) < 4.78 is 14.5. The van der Waals surface area contributed by atoms with Gasteiger partial charge in [0.15, 0.2) is 5.17 Å². The SMILES string of the molecule is OCC1=C(c2ccc(F)c3sccc23)N2CCN=C2S1. The highest BCUT2D eigenvalue weighted by Crippen LogP contribution is 2.44. The lowest BCUT2D eigenvalue weighted by Crippen LogP contribution is -2.20. The van der Waals surface area contributed by atoms with Crippen molar-refractivity contribution in [3.63, 3.8) is 0 Å². The summed E-state index contributed by atoms with van der Waals surface area (Å²) in [7, 11) is 0. The fraction of sp³-hybridized carbons (Fsp3) is 0.214. The van der Waals surface area contributed by atoms with E-state index >= 15 is 0 Å². The normalized spacial score (nSPS) is 18.1. The Balaban J connectivity index is 1.96. The highest BCUT2D eigenvalue weighted by molar-refractivity contribution is 8.17. The molecular formula is C14H11FN2OS2. The van der Waals surface area contributed by atoms with E-state index in [1.165, 1.54) is 29.2 Å². The van der Waals surface area contributed by atoms with Gasteiger partial charge in [0, 0.05) is 22.4 Å². The van der Waals surface area contributed by atoms with Crippen LogP contribution in [-0.4, -0.2) is 34.9 Å². The van der Waals surface area contributed by atoms with Gasteiger partial charge in [-0.25, -0.2) is 4.39 Å². The Kier molecular flexibility index (Phi) is 2.83.